The normalized spacial score (nSPS) is 22.0. The zero-order valence-electron chi connectivity index (χ0n) is 11.5. The predicted octanol–water partition coefficient (Wildman–Crippen LogP) is 3.61. The molecule has 0 heterocycles. The maximum atomic E-state index is 11.6. The molecular formula is C16H20ClNO2. The molecule has 1 atom stereocenters. The summed E-state index contributed by atoms with van der Waals surface area (Å²) in [5, 5.41) is 9.57. The molecule has 1 unspecified atom stereocenters. The molecule has 0 bridgehead atoms. The van der Waals surface area contributed by atoms with Crippen molar-refractivity contribution in [3.63, 3.8) is 0 Å². The first kappa shape index (κ1) is 13.9. The highest BCUT2D eigenvalue weighted by Crippen LogP contribution is 2.38. The number of amides is 1. The highest BCUT2D eigenvalue weighted by Gasteiger charge is 2.29. The molecule has 2 aliphatic carbocycles. The van der Waals surface area contributed by atoms with E-state index >= 15 is 0 Å². The molecule has 0 aliphatic heterocycles. The third kappa shape index (κ3) is 2.57. The average Bonchev–Trinajstić information content (AvgIpc) is 3.08. The molecule has 3 nitrogen and oxygen atoms in total. The van der Waals surface area contributed by atoms with Gasteiger partial charge in [-0.2, -0.15) is 0 Å². The van der Waals surface area contributed by atoms with Crippen LogP contribution in [0.1, 0.15) is 54.7 Å². The second kappa shape index (κ2) is 5.74. The van der Waals surface area contributed by atoms with Gasteiger partial charge in [0.25, 0.3) is 5.91 Å². The van der Waals surface area contributed by atoms with Gasteiger partial charge in [0.2, 0.25) is 0 Å². The van der Waals surface area contributed by atoms with Crippen molar-refractivity contribution < 1.29 is 10.0 Å². The zero-order valence-corrected chi connectivity index (χ0v) is 12.2. The molecule has 1 aromatic carbocycles. The number of aryl methyl sites for hydroxylation is 1. The van der Waals surface area contributed by atoms with Crippen LogP contribution in [0.25, 0.3) is 0 Å². The molecule has 1 saturated carbocycles. The monoisotopic (exact) mass is 293 g/mol. The van der Waals surface area contributed by atoms with E-state index in [0.717, 1.165) is 35.8 Å². The Bertz CT molecular complexity index is 523. The molecule has 0 radical (unpaired) electrons. The number of fused-ring (bicyclic) bond motifs is 1. The second-order valence-electron chi connectivity index (χ2n) is 6.06. The van der Waals surface area contributed by atoms with Gasteiger partial charge in [-0.05, 0) is 47.9 Å². The molecule has 3 rings (SSSR count). The Balaban J connectivity index is 1.84. The molecule has 2 N–H and O–H groups in total. The maximum absolute atomic E-state index is 11.6. The Morgan fingerprint density at radius 1 is 1.30 bits per heavy atom. The summed E-state index contributed by atoms with van der Waals surface area (Å²) < 4.78 is 0. The fourth-order valence-electron chi connectivity index (χ4n) is 3.71. The van der Waals surface area contributed by atoms with Crippen LogP contribution in [0.3, 0.4) is 0 Å². The lowest BCUT2D eigenvalue weighted by Gasteiger charge is -2.14. The standard InChI is InChI=1S/C16H20ClNO2/c17-15-9-14-11(5-6-13(14)16(19)18-20)8-12(15)7-10-3-1-2-4-10/h8-10,13,20H,1-7H2,(H,18,19). The summed E-state index contributed by atoms with van der Waals surface area (Å²) in [4.78, 5) is 11.6. The van der Waals surface area contributed by atoms with Crippen LogP contribution in [0.4, 0.5) is 0 Å². The highest BCUT2D eigenvalue weighted by atomic mass is 35.5. The molecule has 1 amide bonds. The maximum Gasteiger partial charge on any atom is 0.250 e. The van der Waals surface area contributed by atoms with Crippen molar-refractivity contribution in [3.05, 3.63) is 33.8 Å². The number of benzene rings is 1. The van der Waals surface area contributed by atoms with Gasteiger partial charge in [0.1, 0.15) is 0 Å². The van der Waals surface area contributed by atoms with E-state index in [4.69, 9.17) is 16.8 Å². The van der Waals surface area contributed by atoms with E-state index in [2.05, 4.69) is 6.07 Å². The Kier molecular flexibility index (Phi) is 3.99. The van der Waals surface area contributed by atoms with Crippen LogP contribution in [0.2, 0.25) is 5.02 Å². The van der Waals surface area contributed by atoms with E-state index in [1.807, 2.05) is 6.07 Å². The Morgan fingerprint density at radius 2 is 2.05 bits per heavy atom. The Labute approximate surface area is 124 Å². The number of rotatable bonds is 3. The lowest BCUT2D eigenvalue weighted by atomic mass is 9.94. The van der Waals surface area contributed by atoms with E-state index in [1.165, 1.54) is 36.8 Å². The molecule has 2 aliphatic rings. The van der Waals surface area contributed by atoms with Gasteiger partial charge in [0.15, 0.2) is 0 Å². The Morgan fingerprint density at radius 3 is 2.75 bits per heavy atom. The van der Waals surface area contributed by atoms with Crippen molar-refractivity contribution in [2.24, 2.45) is 5.92 Å². The van der Waals surface area contributed by atoms with Crippen molar-refractivity contribution in [2.45, 2.75) is 50.9 Å². The van der Waals surface area contributed by atoms with Crippen molar-refractivity contribution in [1.29, 1.82) is 0 Å². The number of hydroxylamine groups is 1. The van der Waals surface area contributed by atoms with Crippen LogP contribution < -0.4 is 5.48 Å². The average molecular weight is 294 g/mol. The summed E-state index contributed by atoms with van der Waals surface area (Å²) in [6, 6.07) is 4.12. The highest BCUT2D eigenvalue weighted by molar-refractivity contribution is 6.31. The van der Waals surface area contributed by atoms with E-state index in [0.29, 0.717) is 0 Å². The van der Waals surface area contributed by atoms with Gasteiger partial charge in [0, 0.05) is 5.02 Å². The first-order chi connectivity index (χ1) is 9.69. The van der Waals surface area contributed by atoms with Crippen LogP contribution in [0, 0.1) is 5.92 Å². The summed E-state index contributed by atoms with van der Waals surface area (Å²) in [7, 11) is 0. The van der Waals surface area contributed by atoms with E-state index in [9.17, 15) is 4.79 Å². The van der Waals surface area contributed by atoms with Crippen LogP contribution in [0.15, 0.2) is 12.1 Å². The number of halogens is 1. The van der Waals surface area contributed by atoms with E-state index < -0.39 is 0 Å². The largest absolute Gasteiger partial charge is 0.289 e. The summed E-state index contributed by atoms with van der Waals surface area (Å²) in [6.07, 6.45) is 8.00. The van der Waals surface area contributed by atoms with Gasteiger partial charge in [-0.1, -0.05) is 43.4 Å². The zero-order chi connectivity index (χ0) is 14.1. The van der Waals surface area contributed by atoms with Crippen LogP contribution in [-0.4, -0.2) is 11.1 Å². The number of hydrogen-bond acceptors (Lipinski definition) is 2. The first-order valence-corrected chi connectivity index (χ1v) is 7.82. The molecule has 0 saturated heterocycles. The molecular weight excluding hydrogens is 274 g/mol. The van der Waals surface area contributed by atoms with Crippen molar-refractivity contribution in [2.75, 3.05) is 0 Å². The van der Waals surface area contributed by atoms with Crippen molar-refractivity contribution in [3.8, 4) is 0 Å². The summed E-state index contributed by atoms with van der Waals surface area (Å²) in [5.41, 5.74) is 5.18. The predicted molar refractivity (Wildman–Crippen MR) is 78.1 cm³/mol. The van der Waals surface area contributed by atoms with E-state index in [-0.39, 0.29) is 11.8 Å². The van der Waals surface area contributed by atoms with Gasteiger partial charge >= 0.3 is 0 Å². The lowest BCUT2D eigenvalue weighted by molar-refractivity contribution is -0.130. The van der Waals surface area contributed by atoms with E-state index in [1.54, 1.807) is 5.48 Å². The summed E-state index contributed by atoms with van der Waals surface area (Å²) >= 11 is 6.41. The van der Waals surface area contributed by atoms with Crippen LogP contribution in [-0.2, 0) is 17.6 Å². The van der Waals surface area contributed by atoms with Gasteiger partial charge in [0.05, 0.1) is 5.92 Å². The second-order valence-corrected chi connectivity index (χ2v) is 6.47. The molecule has 108 valence electrons. The smallest absolute Gasteiger partial charge is 0.250 e. The van der Waals surface area contributed by atoms with Gasteiger partial charge < -0.3 is 0 Å². The minimum Gasteiger partial charge on any atom is -0.289 e. The minimum atomic E-state index is -0.330. The fourth-order valence-corrected chi connectivity index (χ4v) is 3.96. The van der Waals surface area contributed by atoms with Gasteiger partial charge in [-0.3, -0.25) is 10.0 Å². The van der Waals surface area contributed by atoms with Gasteiger partial charge in [-0.15, -0.1) is 0 Å². The van der Waals surface area contributed by atoms with Crippen LogP contribution in [0.5, 0.6) is 0 Å². The summed E-state index contributed by atoms with van der Waals surface area (Å²) in [6.45, 7) is 0. The molecule has 0 aromatic heterocycles. The summed E-state index contributed by atoms with van der Waals surface area (Å²) in [5.74, 6) is 0.180. The third-order valence-electron chi connectivity index (χ3n) is 4.80. The first-order valence-electron chi connectivity index (χ1n) is 7.44. The van der Waals surface area contributed by atoms with Crippen molar-refractivity contribution in [1.82, 2.24) is 5.48 Å². The van der Waals surface area contributed by atoms with Crippen molar-refractivity contribution >= 4 is 17.5 Å². The topological polar surface area (TPSA) is 49.3 Å². The molecule has 1 aromatic rings. The molecule has 1 fully saturated rings. The fraction of sp³-hybridized carbons (Fsp3) is 0.562. The molecule has 0 spiro atoms. The number of hydrogen-bond donors (Lipinski definition) is 2. The number of nitrogens with one attached hydrogen (secondary N) is 1. The number of carbonyl (C=O) groups excluding carboxylic acids is 1. The quantitative estimate of drug-likeness (QED) is 0.661. The minimum absolute atomic E-state index is 0.256. The van der Waals surface area contributed by atoms with Crippen LogP contribution >= 0.6 is 11.6 Å². The SMILES string of the molecule is O=C(NO)C1CCc2cc(CC3CCCC3)c(Cl)cc21. The molecule has 20 heavy (non-hydrogen) atoms. The number of carbonyl (C=O) groups is 1. The molecule has 4 heteroatoms. The Hall–Kier alpha value is -1.06. The third-order valence-corrected chi connectivity index (χ3v) is 5.15. The van der Waals surface area contributed by atoms with Gasteiger partial charge in [-0.25, -0.2) is 5.48 Å². The lowest BCUT2D eigenvalue weighted by Crippen LogP contribution is -2.24.